The fourth-order valence-electron chi connectivity index (χ4n) is 1.96. The molecule has 2 aromatic rings. The van der Waals surface area contributed by atoms with Gasteiger partial charge in [-0.05, 0) is 47.1 Å². The van der Waals surface area contributed by atoms with E-state index in [0.29, 0.717) is 30.6 Å². The molecule has 7 heteroatoms. The molecule has 0 spiro atoms. The summed E-state index contributed by atoms with van der Waals surface area (Å²) in [6.45, 7) is 3.24. The molecule has 23 heavy (non-hydrogen) atoms. The highest BCUT2D eigenvalue weighted by Gasteiger charge is 2.07. The lowest BCUT2D eigenvalue weighted by Gasteiger charge is -2.14. The van der Waals surface area contributed by atoms with Crippen LogP contribution in [0.5, 0.6) is 11.5 Å². The Hall–Kier alpha value is -1.73. The van der Waals surface area contributed by atoms with Crippen LogP contribution in [0.3, 0.4) is 0 Å². The summed E-state index contributed by atoms with van der Waals surface area (Å²) in [7, 11) is 3.37. The molecule has 5 nitrogen and oxygen atoms in total. The van der Waals surface area contributed by atoms with Crippen molar-refractivity contribution in [3.8, 4) is 11.5 Å². The maximum Gasteiger partial charge on any atom is 0.195 e. The molecule has 0 aliphatic carbocycles. The van der Waals surface area contributed by atoms with E-state index in [1.54, 1.807) is 25.5 Å². The first kappa shape index (κ1) is 17.6. The summed E-state index contributed by atoms with van der Waals surface area (Å²) in [5.41, 5.74) is 0.884. The molecule has 0 aliphatic rings. The zero-order valence-corrected chi connectivity index (χ0v) is 15.8. The van der Waals surface area contributed by atoms with Crippen molar-refractivity contribution in [3.63, 3.8) is 0 Å². The highest BCUT2D eigenvalue weighted by Crippen LogP contribution is 2.30. The maximum absolute atomic E-state index is 5.59. The van der Waals surface area contributed by atoms with Crippen LogP contribution in [-0.4, -0.2) is 26.7 Å². The van der Waals surface area contributed by atoms with Gasteiger partial charge in [-0.25, -0.2) is 0 Å². The topological polar surface area (TPSA) is 54.9 Å². The Balaban J connectivity index is 2.02. The molecule has 0 amide bonds. The van der Waals surface area contributed by atoms with Crippen molar-refractivity contribution in [1.29, 1.82) is 0 Å². The molecule has 0 atom stereocenters. The first-order valence-electron chi connectivity index (χ1n) is 7.19. The molecule has 0 bridgehead atoms. The molecule has 0 saturated heterocycles. The molecule has 0 saturated carbocycles. The Morgan fingerprint density at radius 1 is 1.26 bits per heavy atom. The van der Waals surface area contributed by atoms with E-state index in [-0.39, 0.29) is 0 Å². The van der Waals surface area contributed by atoms with E-state index in [1.807, 2.05) is 31.2 Å². The predicted octanol–water partition coefficient (Wildman–Crippen LogP) is 4.11. The highest BCUT2D eigenvalue weighted by atomic mass is 79.9. The third-order valence-corrected chi connectivity index (χ3v) is 4.63. The molecule has 2 N–H and O–H groups in total. The molecular weight excluding hydrogens is 378 g/mol. The first-order chi connectivity index (χ1) is 11.2. The normalized spacial score (nSPS) is 11.2. The van der Waals surface area contributed by atoms with Crippen molar-refractivity contribution >= 4 is 38.9 Å². The van der Waals surface area contributed by atoms with Crippen molar-refractivity contribution in [2.75, 3.05) is 26.1 Å². The van der Waals surface area contributed by atoms with Crippen LogP contribution in [0.25, 0.3) is 0 Å². The Morgan fingerprint density at radius 3 is 2.70 bits per heavy atom. The van der Waals surface area contributed by atoms with E-state index >= 15 is 0 Å². The molecular formula is C16H20BrN3O2S. The number of ether oxygens (including phenoxy) is 2. The lowest BCUT2D eigenvalue weighted by atomic mass is 10.2. The number of halogens is 1. The zero-order chi connectivity index (χ0) is 16.7. The smallest absolute Gasteiger partial charge is 0.195 e. The average molecular weight is 398 g/mol. The summed E-state index contributed by atoms with van der Waals surface area (Å²) in [6, 6.07) is 9.81. The van der Waals surface area contributed by atoms with Gasteiger partial charge in [0, 0.05) is 23.7 Å². The van der Waals surface area contributed by atoms with E-state index in [0.717, 1.165) is 9.47 Å². The molecule has 2 rings (SSSR count). The number of methoxy groups -OCH3 is 1. The van der Waals surface area contributed by atoms with E-state index in [2.05, 4.69) is 37.6 Å². The molecule has 124 valence electrons. The van der Waals surface area contributed by atoms with Crippen LogP contribution >= 0.6 is 27.3 Å². The number of nitrogens with one attached hydrogen (secondary N) is 2. The fraction of sp³-hybridized carbons (Fsp3) is 0.312. The van der Waals surface area contributed by atoms with Crippen LogP contribution in [0, 0.1) is 0 Å². The number of anilines is 1. The van der Waals surface area contributed by atoms with E-state index < -0.39 is 0 Å². The standard InChI is InChI=1S/C16H20BrN3O2S/c1-4-22-14-9-11(5-7-13(14)21-3)20-16(18-2)19-10-12-6-8-15(17)23-12/h5-9H,4,10H2,1-3H3,(H2,18,19,20). The van der Waals surface area contributed by atoms with Crippen molar-refractivity contribution in [3.05, 3.63) is 39.0 Å². The van der Waals surface area contributed by atoms with Gasteiger partial charge in [-0.15, -0.1) is 11.3 Å². The number of nitrogens with zero attached hydrogens (tertiary/aromatic N) is 1. The largest absolute Gasteiger partial charge is 0.493 e. The minimum Gasteiger partial charge on any atom is -0.493 e. The van der Waals surface area contributed by atoms with Gasteiger partial charge in [-0.2, -0.15) is 0 Å². The van der Waals surface area contributed by atoms with Gasteiger partial charge in [0.15, 0.2) is 17.5 Å². The average Bonchev–Trinajstić information content (AvgIpc) is 2.97. The summed E-state index contributed by atoms with van der Waals surface area (Å²) in [4.78, 5) is 5.47. The second kappa shape index (κ2) is 8.79. The van der Waals surface area contributed by atoms with Gasteiger partial charge in [0.05, 0.1) is 24.0 Å². The molecule has 1 heterocycles. The monoisotopic (exact) mass is 397 g/mol. The van der Waals surface area contributed by atoms with Gasteiger partial charge in [0.2, 0.25) is 0 Å². The molecule has 0 aliphatic heterocycles. The molecule has 1 aromatic carbocycles. The van der Waals surface area contributed by atoms with Crippen molar-refractivity contribution in [2.45, 2.75) is 13.5 Å². The third-order valence-electron chi connectivity index (χ3n) is 3.01. The Morgan fingerprint density at radius 2 is 2.09 bits per heavy atom. The van der Waals surface area contributed by atoms with Gasteiger partial charge < -0.3 is 20.1 Å². The van der Waals surface area contributed by atoms with E-state index in [1.165, 1.54) is 4.88 Å². The summed E-state index contributed by atoms with van der Waals surface area (Å²) < 4.78 is 12.0. The van der Waals surface area contributed by atoms with Crippen LogP contribution < -0.4 is 20.1 Å². The third kappa shape index (κ3) is 5.14. The second-order valence-electron chi connectivity index (χ2n) is 4.56. The van der Waals surface area contributed by atoms with E-state index in [4.69, 9.17) is 9.47 Å². The Labute approximate surface area is 148 Å². The number of thiophene rings is 1. The Kier molecular flexibility index (Phi) is 6.73. The number of hydrogen-bond donors (Lipinski definition) is 2. The summed E-state index contributed by atoms with van der Waals surface area (Å²) >= 11 is 5.16. The SMILES string of the molecule is CCOc1cc(NC(=NC)NCc2ccc(Br)s2)ccc1OC. The zero-order valence-electron chi connectivity index (χ0n) is 13.4. The van der Waals surface area contributed by atoms with Crippen molar-refractivity contribution in [2.24, 2.45) is 4.99 Å². The summed E-state index contributed by atoms with van der Waals surface area (Å²) in [5.74, 6) is 2.11. The first-order valence-corrected chi connectivity index (χ1v) is 8.80. The second-order valence-corrected chi connectivity index (χ2v) is 7.10. The predicted molar refractivity (Wildman–Crippen MR) is 100 cm³/mol. The van der Waals surface area contributed by atoms with Gasteiger partial charge >= 0.3 is 0 Å². The fourth-order valence-corrected chi connectivity index (χ4v) is 3.38. The summed E-state index contributed by atoms with van der Waals surface area (Å²) in [5, 5.41) is 6.54. The van der Waals surface area contributed by atoms with Gasteiger partial charge in [0.25, 0.3) is 0 Å². The minimum atomic E-state index is 0.583. The maximum atomic E-state index is 5.59. The van der Waals surface area contributed by atoms with E-state index in [9.17, 15) is 0 Å². The number of rotatable bonds is 6. The lowest BCUT2D eigenvalue weighted by Crippen LogP contribution is -2.29. The van der Waals surface area contributed by atoms with Crippen LogP contribution in [0.1, 0.15) is 11.8 Å². The van der Waals surface area contributed by atoms with Crippen LogP contribution in [0.2, 0.25) is 0 Å². The van der Waals surface area contributed by atoms with Gasteiger partial charge in [-0.1, -0.05) is 0 Å². The number of guanidine groups is 1. The molecule has 1 aromatic heterocycles. The Bertz CT molecular complexity index is 673. The van der Waals surface area contributed by atoms with Crippen LogP contribution in [0.15, 0.2) is 39.1 Å². The van der Waals surface area contributed by atoms with Crippen molar-refractivity contribution in [1.82, 2.24) is 5.32 Å². The molecule has 0 radical (unpaired) electrons. The van der Waals surface area contributed by atoms with Crippen molar-refractivity contribution < 1.29 is 9.47 Å². The van der Waals surface area contributed by atoms with Gasteiger partial charge in [-0.3, -0.25) is 4.99 Å². The summed E-state index contributed by atoms with van der Waals surface area (Å²) in [6.07, 6.45) is 0. The minimum absolute atomic E-state index is 0.583. The lowest BCUT2D eigenvalue weighted by molar-refractivity contribution is 0.311. The molecule has 0 unspecified atom stereocenters. The molecule has 0 fully saturated rings. The number of hydrogen-bond acceptors (Lipinski definition) is 4. The van der Waals surface area contributed by atoms with Crippen LogP contribution in [0.4, 0.5) is 5.69 Å². The quantitative estimate of drug-likeness (QED) is 0.568. The van der Waals surface area contributed by atoms with Gasteiger partial charge in [0.1, 0.15) is 0 Å². The number of benzene rings is 1. The number of aliphatic imine (C=N–C) groups is 1. The highest BCUT2D eigenvalue weighted by molar-refractivity contribution is 9.11. The van der Waals surface area contributed by atoms with Crippen LogP contribution in [-0.2, 0) is 6.54 Å².